The maximum Gasteiger partial charge on any atom is 0.218 e. The number of aromatic nitrogens is 2. The molecule has 0 unspecified atom stereocenters. The summed E-state index contributed by atoms with van der Waals surface area (Å²) in [5.74, 6) is 0.932. The first-order valence-electron chi connectivity index (χ1n) is 11.2. The van der Waals surface area contributed by atoms with Crippen LogP contribution in [0, 0.1) is 12.7 Å². The number of hydrogen-bond acceptors (Lipinski definition) is 4. The molecule has 0 N–H and O–H groups in total. The summed E-state index contributed by atoms with van der Waals surface area (Å²) < 4.78 is 25.2. The molecule has 4 aromatic rings. The van der Waals surface area contributed by atoms with Crippen LogP contribution in [0.25, 0.3) is 12.2 Å². The van der Waals surface area contributed by atoms with Crippen molar-refractivity contribution in [3.05, 3.63) is 113 Å². The van der Waals surface area contributed by atoms with E-state index in [1.165, 1.54) is 11.6 Å². The van der Waals surface area contributed by atoms with Gasteiger partial charge in [0.25, 0.3) is 0 Å². The van der Waals surface area contributed by atoms with Crippen LogP contribution < -0.4 is 4.74 Å². The molecule has 0 saturated carbocycles. The molecule has 2 aromatic carbocycles. The first-order chi connectivity index (χ1) is 16.2. The van der Waals surface area contributed by atoms with Crippen LogP contribution in [0.1, 0.15) is 46.8 Å². The van der Waals surface area contributed by atoms with Crippen molar-refractivity contribution in [2.24, 2.45) is 0 Å². The molecule has 0 radical (unpaired) electrons. The number of benzene rings is 2. The Hall–Kier alpha value is -3.73. The van der Waals surface area contributed by atoms with Gasteiger partial charge in [-0.25, -0.2) is 9.37 Å². The lowest BCUT2D eigenvalue weighted by molar-refractivity contribution is 0.301. The summed E-state index contributed by atoms with van der Waals surface area (Å²) in [7, 11) is 0. The minimum atomic E-state index is -0.266. The number of pyridine rings is 1. The lowest BCUT2D eigenvalue weighted by Crippen LogP contribution is -1.96. The highest BCUT2D eigenvalue weighted by Crippen LogP contribution is 2.17. The van der Waals surface area contributed by atoms with E-state index >= 15 is 0 Å². The minimum absolute atomic E-state index is 0.266. The summed E-state index contributed by atoms with van der Waals surface area (Å²) in [5, 5.41) is 0. The Bertz CT molecular complexity index is 1180. The third-order valence-corrected chi connectivity index (χ3v) is 5.32. The van der Waals surface area contributed by atoms with E-state index < -0.39 is 0 Å². The van der Waals surface area contributed by atoms with E-state index in [0.29, 0.717) is 23.8 Å². The van der Waals surface area contributed by atoms with Crippen LogP contribution in [-0.2, 0) is 19.4 Å². The van der Waals surface area contributed by atoms with Gasteiger partial charge in [0.1, 0.15) is 30.1 Å². The molecule has 4 nitrogen and oxygen atoms in total. The van der Waals surface area contributed by atoms with Crippen LogP contribution in [0.2, 0.25) is 0 Å². The Morgan fingerprint density at radius 1 is 0.939 bits per heavy atom. The topological polar surface area (TPSA) is 48.2 Å². The number of halogens is 1. The highest BCUT2D eigenvalue weighted by Gasteiger charge is 2.04. The Balaban J connectivity index is 1.21. The standard InChI is InChI=1S/C28H27FN2O2/c1-21-9-12-23(27(29)18-21)13-16-28-31-25(20-33-28)19-32-26-14-10-22(11-15-26)6-2-3-7-24-8-4-5-17-30-24/h4-5,8-18,20H,2-3,6-7,19H2,1H3/b16-13+. The molecule has 5 heteroatoms. The van der Waals surface area contributed by atoms with Gasteiger partial charge in [0.15, 0.2) is 0 Å². The third-order valence-electron chi connectivity index (χ3n) is 5.32. The van der Waals surface area contributed by atoms with E-state index in [-0.39, 0.29) is 5.82 Å². The minimum Gasteiger partial charge on any atom is -0.487 e. The van der Waals surface area contributed by atoms with Crippen LogP contribution in [0.15, 0.2) is 77.5 Å². The Kier molecular flexibility index (Phi) is 7.64. The van der Waals surface area contributed by atoms with Crippen molar-refractivity contribution in [2.75, 3.05) is 0 Å². The average molecular weight is 443 g/mol. The molecule has 0 amide bonds. The molecule has 2 heterocycles. The summed E-state index contributed by atoms with van der Waals surface area (Å²) in [6, 6.07) is 19.3. The predicted molar refractivity (Wildman–Crippen MR) is 128 cm³/mol. The fraction of sp³-hybridized carbons (Fsp3) is 0.214. The fourth-order valence-corrected chi connectivity index (χ4v) is 3.48. The predicted octanol–water partition coefficient (Wildman–Crippen LogP) is 6.83. The van der Waals surface area contributed by atoms with Gasteiger partial charge < -0.3 is 9.15 Å². The van der Waals surface area contributed by atoms with E-state index in [9.17, 15) is 4.39 Å². The van der Waals surface area contributed by atoms with E-state index in [4.69, 9.17) is 9.15 Å². The molecule has 0 aliphatic carbocycles. The van der Waals surface area contributed by atoms with Crippen molar-refractivity contribution >= 4 is 12.2 Å². The summed E-state index contributed by atoms with van der Waals surface area (Å²) in [5.41, 5.74) is 4.50. The normalized spacial score (nSPS) is 11.2. The monoisotopic (exact) mass is 442 g/mol. The Morgan fingerprint density at radius 2 is 1.79 bits per heavy atom. The molecule has 0 bridgehead atoms. The Morgan fingerprint density at radius 3 is 2.58 bits per heavy atom. The molecule has 0 aliphatic rings. The number of aryl methyl sites for hydroxylation is 3. The van der Waals surface area contributed by atoms with Gasteiger partial charge in [0.05, 0.1) is 0 Å². The van der Waals surface area contributed by atoms with Gasteiger partial charge in [0, 0.05) is 23.5 Å². The van der Waals surface area contributed by atoms with Gasteiger partial charge in [-0.3, -0.25) is 4.98 Å². The first-order valence-corrected chi connectivity index (χ1v) is 11.2. The molecular weight excluding hydrogens is 415 g/mol. The number of oxazole rings is 1. The van der Waals surface area contributed by atoms with Crippen LogP contribution in [0.3, 0.4) is 0 Å². The molecule has 168 valence electrons. The molecule has 0 atom stereocenters. The van der Waals surface area contributed by atoms with Crippen molar-refractivity contribution in [1.29, 1.82) is 0 Å². The summed E-state index contributed by atoms with van der Waals surface area (Å²) in [6.07, 6.45) is 11.0. The molecular formula is C28H27FN2O2. The number of ether oxygens (including phenoxy) is 1. The summed E-state index contributed by atoms with van der Waals surface area (Å²) in [4.78, 5) is 8.74. The molecule has 0 fully saturated rings. The van der Waals surface area contributed by atoms with Crippen LogP contribution >= 0.6 is 0 Å². The van der Waals surface area contributed by atoms with Crippen LogP contribution in [-0.4, -0.2) is 9.97 Å². The van der Waals surface area contributed by atoms with Crippen LogP contribution in [0.4, 0.5) is 4.39 Å². The van der Waals surface area contributed by atoms with Crippen LogP contribution in [0.5, 0.6) is 5.75 Å². The third kappa shape index (κ3) is 6.88. The zero-order chi connectivity index (χ0) is 22.9. The van der Waals surface area contributed by atoms with Gasteiger partial charge >= 0.3 is 0 Å². The van der Waals surface area contributed by atoms with Crippen molar-refractivity contribution in [3.8, 4) is 5.75 Å². The first kappa shape index (κ1) is 22.5. The SMILES string of the molecule is Cc1ccc(/C=C/c2nc(COc3ccc(CCCCc4ccccn4)cc3)co2)c(F)c1. The lowest BCUT2D eigenvalue weighted by atomic mass is 10.1. The molecule has 2 aromatic heterocycles. The summed E-state index contributed by atoms with van der Waals surface area (Å²) >= 11 is 0. The second-order valence-corrected chi connectivity index (χ2v) is 8.00. The van der Waals surface area contributed by atoms with Crippen molar-refractivity contribution < 1.29 is 13.5 Å². The number of rotatable bonds is 10. The van der Waals surface area contributed by atoms with E-state index in [0.717, 1.165) is 42.7 Å². The maximum absolute atomic E-state index is 13.9. The average Bonchev–Trinajstić information content (AvgIpc) is 3.29. The quantitative estimate of drug-likeness (QED) is 0.253. The fourth-order valence-electron chi connectivity index (χ4n) is 3.48. The molecule has 0 aliphatic heterocycles. The van der Waals surface area contributed by atoms with Gasteiger partial charge in [-0.1, -0.05) is 30.3 Å². The van der Waals surface area contributed by atoms with Gasteiger partial charge in [-0.15, -0.1) is 0 Å². The molecule has 33 heavy (non-hydrogen) atoms. The van der Waals surface area contributed by atoms with Crippen molar-refractivity contribution in [3.63, 3.8) is 0 Å². The van der Waals surface area contributed by atoms with E-state index in [2.05, 4.69) is 28.2 Å². The molecule has 0 saturated heterocycles. The summed E-state index contributed by atoms with van der Waals surface area (Å²) in [6.45, 7) is 2.16. The molecule has 4 rings (SSSR count). The van der Waals surface area contributed by atoms with Crippen molar-refractivity contribution in [1.82, 2.24) is 9.97 Å². The number of nitrogens with zero attached hydrogens (tertiary/aromatic N) is 2. The molecule has 0 spiro atoms. The smallest absolute Gasteiger partial charge is 0.218 e. The maximum atomic E-state index is 13.9. The zero-order valence-corrected chi connectivity index (χ0v) is 18.7. The second-order valence-electron chi connectivity index (χ2n) is 8.00. The number of unbranched alkanes of at least 4 members (excludes halogenated alkanes) is 1. The van der Waals surface area contributed by atoms with Gasteiger partial charge in [-0.2, -0.15) is 0 Å². The van der Waals surface area contributed by atoms with Crippen molar-refractivity contribution in [2.45, 2.75) is 39.2 Å². The lowest BCUT2D eigenvalue weighted by Gasteiger charge is -2.06. The van der Waals surface area contributed by atoms with Gasteiger partial charge in [0.2, 0.25) is 5.89 Å². The zero-order valence-electron chi connectivity index (χ0n) is 18.7. The highest BCUT2D eigenvalue weighted by atomic mass is 19.1. The highest BCUT2D eigenvalue weighted by molar-refractivity contribution is 5.66. The largest absolute Gasteiger partial charge is 0.487 e. The van der Waals surface area contributed by atoms with E-state index in [1.807, 2.05) is 43.5 Å². The van der Waals surface area contributed by atoms with E-state index in [1.54, 1.807) is 24.5 Å². The Labute approximate surface area is 193 Å². The second kappa shape index (κ2) is 11.2. The van der Waals surface area contributed by atoms with Gasteiger partial charge in [-0.05, 0) is 80.1 Å². The number of hydrogen-bond donors (Lipinski definition) is 0.